The van der Waals surface area contributed by atoms with Crippen LogP contribution in [0.25, 0.3) is 0 Å². The van der Waals surface area contributed by atoms with Gasteiger partial charge in [0.1, 0.15) is 0 Å². The summed E-state index contributed by atoms with van der Waals surface area (Å²) in [7, 11) is 0. The van der Waals surface area contributed by atoms with Crippen molar-refractivity contribution in [3.63, 3.8) is 0 Å². The molecule has 3 atom stereocenters. The minimum absolute atomic E-state index is 1.66. The fraction of sp³-hybridized carbons (Fsp3) is 0.933. The topological polar surface area (TPSA) is 35.5 Å². The minimum atomic E-state index is -7.81. The molecule has 0 aromatic rings. The van der Waals surface area contributed by atoms with E-state index >= 15 is 0 Å². The molecule has 1 aliphatic heterocycles. The van der Waals surface area contributed by atoms with Crippen molar-refractivity contribution in [1.82, 2.24) is 0 Å². The van der Waals surface area contributed by atoms with Gasteiger partial charge >= 0.3 is 48.0 Å². The van der Waals surface area contributed by atoms with Gasteiger partial charge in [-0.1, -0.05) is 0 Å². The number of hydrogen-bond donors (Lipinski definition) is 0. The fourth-order valence-electron chi connectivity index (χ4n) is 2.75. The summed E-state index contributed by atoms with van der Waals surface area (Å²) in [6.07, 6.45) is -26.2. The first kappa shape index (κ1) is 31.4. The standard InChI is InChI=1S/C15H11F17O3/c16-8(33)10(19,20)14(29,30)15(31,32)13(27,28)9(17,18)3-1-2-5-7(12(24,25)26)34-4-6(35-5)11(21,22)23/h5-7H,1-4H2/t5-,6-,7+/m0/s1. The van der Waals surface area contributed by atoms with E-state index in [0.29, 0.717) is 0 Å². The fourth-order valence-corrected chi connectivity index (χ4v) is 2.75. The molecule has 35 heavy (non-hydrogen) atoms. The van der Waals surface area contributed by atoms with Crippen molar-refractivity contribution in [1.29, 1.82) is 0 Å². The Labute approximate surface area is 182 Å². The Hall–Kier alpha value is -1.60. The van der Waals surface area contributed by atoms with E-state index in [9.17, 15) is 79.4 Å². The number of carbonyl (C=O) groups is 1. The van der Waals surface area contributed by atoms with Crippen LogP contribution in [0.2, 0.25) is 0 Å². The van der Waals surface area contributed by atoms with Crippen LogP contribution in [0.15, 0.2) is 0 Å². The third-order valence-electron chi connectivity index (χ3n) is 4.66. The van der Waals surface area contributed by atoms with Crippen LogP contribution in [0.1, 0.15) is 19.3 Å². The van der Waals surface area contributed by atoms with Crippen molar-refractivity contribution in [3.05, 3.63) is 0 Å². The summed E-state index contributed by atoms with van der Waals surface area (Å²) in [6.45, 7) is -1.72. The summed E-state index contributed by atoms with van der Waals surface area (Å²) in [5.41, 5.74) is 0. The summed E-state index contributed by atoms with van der Waals surface area (Å²) in [4.78, 5) is 9.83. The van der Waals surface area contributed by atoms with Crippen molar-refractivity contribution in [2.45, 2.75) is 79.5 Å². The highest BCUT2D eigenvalue weighted by Crippen LogP contribution is 2.58. The number of ether oxygens (including phenoxy) is 2. The Morgan fingerprint density at radius 3 is 1.60 bits per heavy atom. The maximum absolute atomic E-state index is 13.7. The Kier molecular flexibility index (Phi) is 8.41. The van der Waals surface area contributed by atoms with Gasteiger partial charge in [-0.15, -0.1) is 0 Å². The van der Waals surface area contributed by atoms with E-state index in [2.05, 4.69) is 9.47 Å². The molecule has 0 aliphatic carbocycles. The first-order valence-electron chi connectivity index (χ1n) is 8.74. The van der Waals surface area contributed by atoms with Crippen molar-refractivity contribution in [2.75, 3.05) is 6.61 Å². The van der Waals surface area contributed by atoms with Crippen molar-refractivity contribution in [2.24, 2.45) is 0 Å². The van der Waals surface area contributed by atoms with Crippen molar-refractivity contribution >= 4 is 6.04 Å². The van der Waals surface area contributed by atoms with Gasteiger partial charge in [0.2, 0.25) is 0 Å². The molecular formula is C15H11F17O3. The second kappa shape index (κ2) is 9.37. The maximum Gasteiger partial charge on any atom is 0.417 e. The molecule has 20 heteroatoms. The molecule has 3 nitrogen and oxygen atoms in total. The van der Waals surface area contributed by atoms with Crippen LogP contribution in [-0.2, 0) is 14.3 Å². The van der Waals surface area contributed by atoms with Gasteiger partial charge in [0.05, 0.1) is 12.7 Å². The summed E-state index contributed by atoms with van der Waals surface area (Å²) < 4.78 is 230. The second-order valence-electron chi connectivity index (χ2n) is 7.17. The lowest BCUT2D eigenvalue weighted by molar-refractivity contribution is -0.396. The maximum atomic E-state index is 13.7. The van der Waals surface area contributed by atoms with E-state index in [1.165, 1.54) is 0 Å². The molecular weight excluding hydrogens is 551 g/mol. The quantitative estimate of drug-likeness (QED) is 0.252. The number of rotatable bonds is 9. The average Bonchev–Trinajstić information content (AvgIpc) is 2.65. The van der Waals surface area contributed by atoms with Crippen LogP contribution in [0.4, 0.5) is 74.6 Å². The van der Waals surface area contributed by atoms with Gasteiger partial charge in [-0.2, -0.15) is 74.6 Å². The predicted molar refractivity (Wildman–Crippen MR) is 75.2 cm³/mol. The summed E-state index contributed by atoms with van der Waals surface area (Å²) in [5.74, 6) is -36.6. The molecule has 0 radical (unpaired) electrons. The zero-order chi connectivity index (χ0) is 28.1. The van der Waals surface area contributed by atoms with Crippen molar-refractivity contribution < 1.29 is 88.9 Å². The highest BCUT2D eigenvalue weighted by molar-refractivity contribution is 5.78. The Morgan fingerprint density at radius 2 is 1.20 bits per heavy atom. The number of hydrogen-bond acceptors (Lipinski definition) is 3. The summed E-state index contributed by atoms with van der Waals surface area (Å²) in [6, 6.07) is -4.58. The molecule has 0 saturated carbocycles. The molecule has 0 aromatic carbocycles. The van der Waals surface area contributed by atoms with Crippen LogP contribution in [-0.4, -0.2) is 72.9 Å². The van der Waals surface area contributed by atoms with Gasteiger partial charge in [0.15, 0.2) is 12.2 Å². The molecule has 0 amide bonds. The lowest BCUT2D eigenvalue weighted by atomic mass is 9.91. The number of carbonyl (C=O) groups excluding carboxylic acids is 1. The van der Waals surface area contributed by atoms with E-state index in [0.717, 1.165) is 0 Å². The molecule has 1 aliphatic rings. The molecule has 0 bridgehead atoms. The number of alkyl halides is 16. The van der Waals surface area contributed by atoms with Gasteiger partial charge in [-0.05, 0) is 12.8 Å². The first-order chi connectivity index (χ1) is 15.2. The molecule has 1 rings (SSSR count). The van der Waals surface area contributed by atoms with Crippen LogP contribution in [0, 0.1) is 0 Å². The molecule has 208 valence electrons. The monoisotopic (exact) mass is 562 g/mol. The van der Waals surface area contributed by atoms with E-state index in [4.69, 9.17) is 0 Å². The van der Waals surface area contributed by atoms with Crippen molar-refractivity contribution in [3.8, 4) is 0 Å². The van der Waals surface area contributed by atoms with Gasteiger partial charge in [0, 0.05) is 6.42 Å². The third-order valence-corrected chi connectivity index (χ3v) is 4.66. The zero-order valence-electron chi connectivity index (χ0n) is 16.2. The molecule has 1 fully saturated rings. The van der Waals surface area contributed by atoms with Gasteiger partial charge in [-0.25, -0.2) is 0 Å². The highest BCUT2D eigenvalue weighted by atomic mass is 19.4. The van der Waals surface area contributed by atoms with Crippen LogP contribution >= 0.6 is 0 Å². The van der Waals surface area contributed by atoms with Crippen LogP contribution < -0.4 is 0 Å². The summed E-state index contributed by atoms with van der Waals surface area (Å²) in [5, 5.41) is 0. The summed E-state index contributed by atoms with van der Waals surface area (Å²) >= 11 is 0. The lowest BCUT2D eigenvalue weighted by Crippen LogP contribution is -2.68. The molecule has 0 unspecified atom stereocenters. The Morgan fingerprint density at radius 1 is 0.714 bits per heavy atom. The molecule has 1 heterocycles. The van der Waals surface area contributed by atoms with E-state index in [-0.39, 0.29) is 0 Å². The van der Waals surface area contributed by atoms with Gasteiger partial charge < -0.3 is 9.47 Å². The van der Waals surface area contributed by atoms with E-state index < -0.39 is 92.2 Å². The molecule has 1 saturated heterocycles. The molecule has 0 spiro atoms. The lowest BCUT2D eigenvalue weighted by Gasteiger charge is -2.39. The smallest absolute Gasteiger partial charge is 0.363 e. The number of halogens is 17. The SMILES string of the molecule is O=C(F)C(F)(F)C(F)(F)C(F)(F)C(F)(F)C(F)(F)CCC[C@@H]1O[C@H](C(F)(F)F)CO[C@H]1C(F)(F)F. The van der Waals surface area contributed by atoms with Crippen LogP contribution in [0.3, 0.4) is 0 Å². The second-order valence-corrected chi connectivity index (χ2v) is 7.17. The Balaban J connectivity index is 3.11. The predicted octanol–water partition coefficient (Wildman–Crippen LogP) is 6.11. The van der Waals surface area contributed by atoms with Gasteiger partial charge in [0.25, 0.3) is 0 Å². The third kappa shape index (κ3) is 5.71. The largest absolute Gasteiger partial charge is 0.417 e. The van der Waals surface area contributed by atoms with Crippen LogP contribution in [0.5, 0.6) is 0 Å². The molecule has 0 N–H and O–H groups in total. The minimum Gasteiger partial charge on any atom is -0.363 e. The highest BCUT2D eigenvalue weighted by Gasteiger charge is 2.87. The van der Waals surface area contributed by atoms with E-state index in [1.807, 2.05) is 0 Å². The van der Waals surface area contributed by atoms with E-state index in [1.54, 1.807) is 0 Å². The Bertz CT molecular complexity index is 757. The first-order valence-corrected chi connectivity index (χ1v) is 8.74. The zero-order valence-corrected chi connectivity index (χ0v) is 16.2. The molecule has 0 aromatic heterocycles. The average molecular weight is 562 g/mol. The van der Waals surface area contributed by atoms with Gasteiger partial charge in [-0.3, -0.25) is 4.79 Å². The normalized spacial score (nSPS) is 24.0.